The standard InChI is InChI=1S/C10H18N2O2/c1-2-5-11-7-10(14)12-6-3-4-9(13)8-12/h2,9,11,13H,1,3-8H2. The fourth-order valence-electron chi connectivity index (χ4n) is 1.57. The first-order chi connectivity index (χ1) is 6.74. The summed E-state index contributed by atoms with van der Waals surface area (Å²) in [5.41, 5.74) is 0. The van der Waals surface area contributed by atoms with Crippen molar-refractivity contribution in [1.29, 1.82) is 0 Å². The van der Waals surface area contributed by atoms with Gasteiger partial charge in [0, 0.05) is 19.6 Å². The van der Waals surface area contributed by atoms with Crippen molar-refractivity contribution in [2.75, 3.05) is 26.2 Å². The van der Waals surface area contributed by atoms with Gasteiger partial charge in [0.1, 0.15) is 0 Å². The number of hydrogen-bond donors (Lipinski definition) is 2. The maximum Gasteiger partial charge on any atom is 0.236 e. The molecule has 1 saturated heterocycles. The number of likely N-dealkylation sites (tertiary alicyclic amines) is 1. The lowest BCUT2D eigenvalue weighted by atomic mass is 10.1. The van der Waals surface area contributed by atoms with E-state index in [1.54, 1.807) is 11.0 Å². The molecular weight excluding hydrogens is 180 g/mol. The Balaban J connectivity index is 2.25. The van der Waals surface area contributed by atoms with Crippen LogP contribution in [-0.2, 0) is 4.79 Å². The van der Waals surface area contributed by atoms with Gasteiger partial charge >= 0.3 is 0 Å². The van der Waals surface area contributed by atoms with Gasteiger partial charge in [0.25, 0.3) is 0 Å². The van der Waals surface area contributed by atoms with Crippen LogP contribution in [0.25, 0.3) is 0 Å². The molecule has 4 nitrogen and oxygen atoms in total. The van der Waals surface area contributed by atoms with Crippen molar-refractivity contribution in [3.63, 3.8) is 0 Å². The number of carbonyl (C=O) groups excluding carboxylic acids is 1. The number of nitrogens with one attached hydrogen (secondary N) is 1. The van der Waals surface area contributed by atoms with E-state index in [2.05, 4.69) is 11.9 Å². The highest BCUT2D eigenvalue weighted by atomic mass is 16.3. The van der Waals surface area contributed by atoms with Crippen LogP contribution in [0.2, 0.25) is 0 Å². The van der Waals surface area contributed by atoms with E-state index < -0.39 is 0 Å². The minimum atomic E-state index is -0.341. The minimum Gasteiger partial charge on any atom is -0.391 e. The summed E-state index contributed by atoms with van der Waals surface area (Å²) in [6.07, 6.45) is 3.09. The molecule has 1 unspecified atom stereocenters. The number of carbonyl (C=O) groups is 1. The molecule has 1 fully saturated rings. The van der Waals surface area contributed by atoms with E-state index in [1.165, 1.54) is 0 Å². The highest BCUT2D eigenvalue weighted by Gasteiger charge is 2.21. The Morgan fingerprint density at radius 2 is 2.50 bits per heavy atom. The van der Waals surface area contributed by atoms with Crippen LogP contribution in [0.1, 0.15) is 12.8 Å². The molecule has 0 bridgehead atoms. The number of nitrogens with zero attached hydrogens (tertiary/aromatic N) is 1. The summed E-state index contributed by atoms with van der Waals surface area (Å²) in [6, 6.07) is 0. The molecule has 14 heavy (non-hydrogen) atoms. The van der Waals surface area contributed by atoms with Gasteiger partial charge < -0.3 is 15.3 Å². The van der Waals surface area contributed by atoms with Gasteiger partial charge in [-0.15, -0.1) is 6.58 Å². The molecule has 1 heterocycles. The Bertz CT molecular complexity index is 206. The summed E-state index contributed by atoms with van der Waals surface area (Å²) < 4.78 is 0. The van der Waals surface area contributed by atoms with Gasteiger partial charge in [0.2, 0.25) is 5.91 Å². The zero-order valence-electron chi connectivity index (χ0n) is 8.41. The van der Waals surface area contributed by atoms with E-state index in [0.717, 1.165) is 19.4 Å². The van der Waals surface area contributed by atoms with Crippen molar-refractivity contribution in [1.82, 2.24) is 10.2 Å². The van der Waals surface area contributed by atoms with E-state index in [-0.39, 0.29) is 12.0 Å². The van der Waals surface area contributed by atoms with Crippen LogP contribution in [0.5, 0.6) is 0 Å². The molecule has 1 rings (SSSR count). The topological polar surface area (TPSA) is 52.6 Å². The van der Waals surface area contributed by atoms with Gasteiger partial charge in [-0.25, -0.2) is 0 Å². The smallest absolute Gasteiger partial charge is 0.236 e. The minimum absolute atomic E-state index is 0.0607. The second kappa shape index (κ2) is 5.78. The van der Waals surface area contributed by atoms with Crippen molar-refractivity contribution in [3.05, 3.63) is 12.7 Å². The largest absolute Gasteiger partial charge is 0.391 e. The second-order valence-corrected chi connectivity index (χ2v) is 3.56. The highest BCUT2D eigenvalue weighted by molar-refractivity contribution is 5.78. The van der Waals surface area contributed by atoms with Crippen LogP contribution in [-0.4, -0.2) is 48.2 Å². The first kappa shape index (κ1) is 11.2. The third-order valence-electron chi connectivity index (χ3n) is 2.31. The lowest BCUT2D eigenvalue weighted by molar-refractivity contribution is -0.133. The maximum absolute atomic E-state index is 11.5. The molecule has 1 atom stereocenters. The molecule has 80 valence electrons. The van der Waals surface area contributed by atoms with Crippen molar-refractivity contribution < 1.29 is 9.90 Å². The van der Waals surface area contributed by atoms with Gasteiger partial charge in [-0.1, -0.05) is 6.08 Å². The number of β-amino-alcohol motifs (C(OH)–C–C–N with tert-alkyl or cyclic N) is 1. The summed E-state index contributed by atoms with van der Waals surface area (Å²) in [5, 5.41) is 12.3. The van der Waals surface area contributed by atoms with Crippen LogP contribution >= 0.6 is 0 Å². The first-order valence-electron chi connectivity index (χ1n) is 5.01. The van der Waals surface area contributed by atoms with Crippen LogP contribution in [0, 0.1) is 0 Å². The molecule has 1 amide bonds. The van der Waals surface area contributed by atoms with E-state index in [0.29, 0.717) is 19.6 Å². The fraction of sp³-hybridized carbons (Fsp3) is 0.700. The Kier molecular flexibility index (Phi) is 4.62. The lowest BCUT2D eigenvalue weighted by Gasteiger charge is -2.30. The van der Waals surface area contributed by atoms with Crippen LogP contribution in [0.15, 0.2) is 12.7 Å². The van der Waals surface area contributed by atoms with Crippen molar-refractivity contribution >= 4 is 5.91 Å². The molecule has 0 aliphatic carbocycles. The van der Waals surface area contributed by atoms with Gasteiger partial charge in [-0.3, -0.25) is 4.79 Å². The van der Waals surface area contributed by atoms with Crippen molar-refractivity contribution in [2.45, 2.75) is 18.9 Å². The van der Waals surface area contributed by atoms with Gasteiger partial charge in [-0.05, 0) is 12.8 Å². The first-order valence-corrected chi connectivity index (χ1v) is 5.01. The van der Waals surface area contributed by atoms with Crippen molar-refractivity contribution in [2.24, 2.45) is 0 Å². The van der Waals surface area contributed by atoms with E-state index in [1.807, 2.05) is 0 Å². The molecular formula is C10H18N2O2. The Morgan fingerprint density at radius 1 is 1.71 bits per heavy atom. The predicted molar refractivity (Wildman–Crippen MR) is 54.9 cm³/mol. The van der Waals surface area contributed by atoms with Crippen LogP contribution < -0.4 is 5.32 Å². The summed E-state index contributed by atoms with van der Waals surface area (Å²) in [4.78, 5) is 13.2. The predicted octanol–water partition coefficient (Wildman–Crippen LogP) is -0.255. The number of rotatable bonds is 4. The summed E-state index contributed by atoms with van der Waals surface area (Å²) in [7, 11) is 0. The van der Waals surface area contributed by atoms with Crippen LogP contribution in [0.4, 0.5) is 0 Å². The third kappa shape index (κ3) is 3.47. The Hall–Kier alpha value is -0.870. The average molecular weight is 198 g/mol. The summed E-state index contributed by atoms with van der Waals surface area (Å²) >= 11 is 0. The second-order valence-electron chi connectivity index (χ2n) is 3.56. The third-order valence-corrected chi connectivity index (χ3v) is 2.31. The van der Waals surface area contributed by atoms with E-state index in [9.17, 15) is 9.90 Å². The number of piperidine rings is 1. The number of hydrogen-bond acceptors (Lipinski definition) is 3. The number of aliphatic hydroxyl groups is 1. The molecule has 1 aliphatic heterocycles. The quantitative estimate of drug-likeness (QED) is 0.483. The normalized spacial score (nSPS) is 22.1. The fourth-order valence-corrected chi connectivity index (χ4v) is 1.57. The molecule has 0 aromatic rings. The molecule has 1 aliphatic rings. The zero-order chi connectivity index (χ0) is 10.4. The number of amides is 1. The van der Waals surface area contributed by atoms with Gasteiger partial charge in [0.15, 0.2) is 0 Å². The number of aliphatic hydroxyl groups excluding tert-OH is 1. The molecule has 0 aromatic carbocycles. The maximum atomic E-state index is 11.5. The van der Waals surface area contributed by atoms with Crippen molar-refractivity contribution in [3.8, 4) is 0 Å². The SMILES string of the molecule is C=CCNCC(=O)N1CCCC(O)C1. The zero-order valence-corrected chi connectivity index (χ0v) is 8.41. The molecule has 0 radical (unpaired) electrons. The molecule has 0 spiro atoms. The van der Waals surface area contributed by atoms with E-state index >= 15 is 0 Å². The van der Waals surface area contributed by atoms with E-state index in [4.69, 9.17) is 0 Å². The van der Waals surface area contributed by atoms with Gasteiger partial charge in [0.05, 0.1) is 12.6 Å². The average Bonchev–Trinajstić information content (AvgIpc) is 2.18. The molecule has 0 saturated carbocycles. The summed E-state index contributed by atoms with van der Waals surface area (Å²) in [5.74, 6) is 0.0607. The van der Waals surface area contributed by atoms with Gasteiger partial charge in [-0.2, -0.15) is 0 Å². The molecule has 2 N–H and O–H groups in total. The lowest BCUT2D eigenvalue weighted by Crippen LogP contribution is -2.45. The highest BCUT2D eigenvalue weighted by Crippen LogP contribution is 2.09. The monoisotopic (exact) mass is 198 g/mol. The molecule has 4 heteroatoms. The van der Waals surface area contributed by atoms with Crippen LogP contribution in [0.3, 0.4) is 0 Å². The Labute approximate surface area is 84.6 Å². The Morgan fingerprint density at radius 3 is 3.14 bits per heavy atom. The summed E-state index contributed by atoms with van der Waals surface area (Å²) in [6.45, 7) is 5.78. The molecule has 0 aromatic heterocycles.